The van der Waals surface area contributed by atoms with Gasteiger partial charge in [0.2, 0.25) is 0 Å². The van der Waals surface area contributed by atoms with Crippen LogP contribution >= 0.6 is 0 Å². The Balaban J connectivity index is 1.78. The van der Waals surface area contributed by atoms with Gasteiger partial charge in [-0.25, -0.2) is 9.37 Å². The van der Waals surface area contributed by atoms with Gasteiger partial charge in [-0.2, -0.15) is 0 Å². The number of anilines is 1. The van der Waals surface area contributed by atoms with Crippen molar-refractivity contribution in [1.29, 1.82) is 0 Å². The highest BCUT2D eigenvalue weighted by molar-refractivity contribution is 6.13. The molecule has 0 aliphatic heterocycles. The maximum atomic E-state index is 14.5. The van der Waals surface area contributed by atoms with Crippen LogP contribution in [0.1, 0.15) is 10.4 Å². The van der Waals surface area contributed by atoms with Gasteiger partial charge < -0.3 is 19.2 Å². The van der Waals surface area contributed by atoms with Crippen LogP contribution in [0.5, 0.6) is 11.5 Å². The fraction of sp³-hybridized carbons (Fsp3) is 0.0909. The minimum atomic E-state index is -0.638. The van der Waals surface area contributed by atoms with E-state index in [1.54, 1.807) is 30.3 Å². The van der Waals surface area contributed by atoms with Gasteiger partial charge in [0.1, 0.15) is 5.69 Å². The molecule has 7 heteroatoms. The lowest BCUT2D eigenvalue weighted by Gasteiger charge is -2.13. The van der Waals surface area contributed by atoms with Gasteiger partial charge in [-0.15, -0.1) is 0 Å². The third-order valence-corrected chi connectivity index (χ3v) is 4.46. The fourth-order valence-electron chi connectivity index (χ4n) is 3.05. The standard InChI is InChI=1S/C22H17FN2O4/c1-27-20-11-15(23)17(12-21(20)28-2)25-22(26)14-10-18(19-8-5-9-29-19)24-16-7-4-3-6-13(14)16/h3-12H,1-2H3,(H,25,26). The number of nitrogens with zero attached hydrogens (tertiary/aromatic N) is 1. The number of rotatable bonds is 5. The van der Waals surface area contributed by atoms with E-state index in [0.29, 0.717) is 33.7 Å². The number of para-hydroxylation sites is 1. The zero-order valence-corrected chi connectivity index (χ0v) is 15.7. The van der Waals surface area contributed by atoms with Gasteiger partial charge in [0.05, 0.1) is 37.3 Å². The monoisotopic (exact) mass is 392 g/mol. The van der Waals surface area contributed by atoms with Gasteiger partial charge >= 0.3 is 0 Å². The van der Waals surface area contributed by atoms with Gasteiger partial charge in [0.25, 0.3) is 5.91 Å². The number of nitrogens with one attached hydrogen (secondary N) is 1. The number of methoxy groups -OCH3 is 2. The van der Waals surface area contributed by atoms with Crippen molar-refractivity contribution in [3.05, 3.63) is 72.2 Å². The summed E-state index contributed by atoms with van der Waals surface area (Å²) in [6, 6.07) is 14.9. The first-order valence-electron chi connectivity index (χ1n) is 8.77. The summed E-state index contributed by atoms with van der Waals surface area (Å²) in [7, 11) is 2.85. The quantitative estimate of drug-likeness (QED) is 0.523. The number of aromatic nitrogens is 1. The lowest BCUT2D eigenvalue weighted by molar-refractivity contribution is 0.102. The average molecular weight is 392 g/mol. The van der Waals surface area contributed by atoms with Crippen molar-refractivity contribution >= 4 is 22.5 Å². The summed E-state index contributed by atoms with van der Waals surface area (Å²) in [5.41, 5.74) is 1.45. The van der Waals surface area contributed by atoms with Crippen LogP contribution < -0.4 is 14.8 Å². The van der Waals surface area contributed by atoms with E-state index in [0.717, 1.165) is 6.07 Å². The number of pyridine rings is 1. The number of furan rings is 1. The van der Waals surface area contributed by atoms with Crippen LogP contribution in [0.25, 0.3) is 22.4 Å². The van der Waals surface area contributed by atoms with Crippen molar-refractivity contribution < 1.29 is 23.1 Å². The van der Waals surface area contributed by atoms with Crippen molar-refractivity contribution in [2.45, 2.75) is 0 Å². The average Bonchev–Trinajstić information content (AvgIpc) is 3.29. The molecule has 0 unspecified atom stereocenters. The predicted octanol–water partition coefficient (Wildman–Crippen LogP) is 4.90. The number of benzene rings is 2. The summed E-state index contributed by atoms with van der Waals surface area (Å²) in [5, 5.41) is 3.25. The summed E-state index contributed by atoms with van der Waals surface area (Å²) in [5.74, 6) is -0.0530. The number of carbonyl (C=O) groups is 1. The Morgan fingerprint density at radius 1 is 1.03 bits per heavy atom. The second-order valence-corrected chi connectivity index (χ2v) is 6.19. The number of hydrogen-bond acceptors (Lipinski definition) is 5. The van der Waals surface area contributed by atoms with Crippen LogP contribution in [0, 0.1) is 5.82 Å². The Bertz CT molecular complexity index is 1190. The number of halogens is 1. The molecule has 0 aliphatic carbocycles. The Kier molecular flexibility index (Phi) is 4.87. The Hall–Kier alpha value is -3.87. The molecule has 0 atom stereocenters. The minimum absolute atomic E-state index is 0.0203. The summed E-state index contributed by atoms with van der Waals surface area (Å²) < 4.78 is 30.2. The molecule has 2 aromatic carbocycles. The van der Waals surface area contributed by atoms with E-state index in [-0.39, 0.29) is 11.4 Å². The molecular formula is C22H17FN2O4. The van der Waals surface area contributed by atoms with Gasteiger partial charge in [0.15, 0.2) is 23.1 Å². The van der Waals surface area contributed by atoms with Crippen molar-refractivity contribution in [2.24, 2.45) is 0 Å². The topological polar surface area (TPSA) is 73.6 Å². The predicted molar refractivity (Wildman–Crippen MR) is 107 cm³/mol. The van der Waals surface area contributed by atoms with Gasteiger partial charge in [-0.1, -0.05) is 18.2 Å². The van der Waals surface area contributed by atoms with Crippen LogP contribution in [-0.4, -0.2) is 25.1 Å². The molecule has 4 rings (SSSR count). The van der Waals surface area contributed by atoms with E-state index >= 15 is 0 Å². The highest BCUT2D eigenvalue weighted by atomic mass is 19.1. The second kappa shape index (κ2) is 7.63. The lowest BCUT2D eigenvalue weighted by Crippen LogP contribution is -2.14. The molecular weight excluding hydrogens is 375 g/mol. The van der Waals surface area contributed by atoms with E-state index in [2.05, 4.69) is 10.3 Å². The Labute approximate surface area is 165 Å². The van der Waals surface area contributed by atoms with Crippen molar-refractivity contribution in [1.82, 2.24) is 4.98 Å². The second-order valence-electron chi connectivity index (χ2n) is 6.19. The molecule has 1 amide bonds. The molecule has 0 aliphatic rings. The fourth-order valence-corrected chi connectivity index (χ4v) is 3.05. The molecule has 0 spiro atoms. The van der Waals surface area contributed by atoms with E-state index in [1.165, 1.54) is 26.5 Å². The van der Waals surface area contributed by atoms with Gasteiger partial charge in [-0.3, -0.25) is 4.79 Å². The molecule has 4 aromatic rings. The van der Waals surface area contributed by atoms with Crippen LogP contribution in [0.3, 0.4) is 0 Å². The molecule has 6 nitrogen and oxygen atoms in total. The minimum Gasteiger partial charge on any atom is -0.493 e. The number of fused-ring (bicyclic) bond motifs is 1. The van der Waals surface area contributed by atoms with Crippen LogP contribution in [0.2, 0.25) is 0 Å². The van der Waals surface area contributed by atoms with Crippen molar-refractivity contribution in [3.63, 3.8) is 0 Å². The third-order valence-electron chi connectivity index (χ3n) is 4.46. The van der Waals surface area contributed by atoms with Gasteiger partial charge in [0, 0.05) is 17.5 Å². The molecule has 29 heavy (non-hydrogen) atoms. The van der Waals surface area contributed by atoms with E-state index in [9.17, 15) is 9.18 Å². The highest BCUT2D eigenvalue weighted by Crippen LogP contribution is 2.33. The molecule has 2 heterocycles. The largest absolute Gasteiger partial charge is 0.493 e. The smallest absolute Gasteiger partial charge is 0.256 e. The van der Waals surface area contributed by atoms with Crippen LogP contribution in [0.4, 0.5) is 10.1 Å². The van der Waals surface area contributed by atoms with Crippen molar-refractivity contribution in [3.8, 4) is 23.0 Å². The first-order valence-corrected chi connectivity index (χ1v) is 8.77. The zero-order chi connectivity index (χ0) is 20.4. The highest BCUT2D eigenvalue weighted by Gasteiger charge is 2.18. The SMILES string of the molecule is COc1cc(F)c(NC(=O)c2cc(-c3ccco3)nc3ccccc23)cc1OC. The van der Waals surface area contributed by atoms with Crippen LogP contribution in [-0.2, 0) is 0 Å². The maximum Gasteiger partial charge on any atom is 0.256 e. The van der Waals surface area contributed by atoms with Crippen molar-refractivity contribution in [2.75, 3.05) is 19.5 Å². The molecule has 1 N–H and O–H groups in total. The molecule has 0 radical (unpaired) electrons. The number of amides is 1. The zero-order valence-electron chi connectivity index (χ0n) is 15.7. The molecule has 0 saturated heterocycles. The molecule has 0 bridgehead atoms. The first kappa shape index (κ1) is 18.5. The van der Waals surface area contributed by atoms with Gasteiger partial charge in [-0.05, 0) is 24.3 Å². The maximum absolute atomic E-state index is 14.5. The summed E-state index contributed by atoms with van der Waals surface area (Å²) >= 11 is 0. The molecule has 0 fully saturated rings. The van der Waals surface area contributed by atoms with E-state index < -0.39 is 11.7 Å². The normalized spacial score (nSPS) is 10.7. The lowest BCUT2D eigenvalue weighted by atomic mass is 10.1. The number of carbonyl (C=O) groups excluding carboxylic acids is 1. The molecule has 146 valence electrons. The Morgan fingerprint density at radius 3 is 2.52 bits per heavy atom. The van der Waals surface area contributed by atoms with E-state index in [4.69, 9.17) is 13.9 Å². The number of hydrogen-bond donors (Lipinski definition) is 1. The molecule has 0 saturated carbocycles. The van der Waals surface area contributed by atoms with Crippen LogP contribution in [0.15, 0.2) is 65.3 Å². The third kappa shape index (κ3) is 3.50. The summed E-state index contributed by atoms with van der Waals surface area (Å²) in [4.78, 5) is 17.6. The summed E-state index contributed by atoms with van der Waals surface area (Å²) in [6.45, 7) is 0. The molecule has 2 aromatic heterocycles. The Morgan fingerprint density at radius 2 is 1.79 bits per heavy atom. The van der Waals surface area contributed by atoms with E-state index in [1.807, 2.05) is 12.1 Å². The first-order chi connectivity index (χ1) is 14.1. The summed E-state index contributed by atoms with van der Waals surface area (Å²) in [6.07, 6.45) is 1.53. The number of ether oxygens (including phenoxy) is 2.